The molecule has 0 aromatic heterocycles. The standard InChI is InChI=1S/C18H13FOS/c19-14-10-12-16(13-11-14)21-18-9-5-4-8-17(18)20-15-6-2-1-3-7-15/h1-13H/p+1. The highest BCUT2D eigenvalue weighted by Crippen LogP contribution is 2.28. The van der Waals surface area contributed by atoms with Crippen molar-refractivity contribution in [2.24, 2.45) is 0 Å². The number of para-hydroxylation sites is 2. The van der Waals surface area contributed by atoms with Crippen molar-refractivity contribution >= 4 is 11.8 Å². The lowest BCUT2D eigenvalue weighted by Crippen LogP contribution is -1.91. The summed E-state index contributed by atoms with van der Waals surface area (Å²) >= 11 is 0.991. The Morgan fingerprint density at radius 2 is 1.38 bits per heavy atom. The molecule has 104 valence electrons. The van der Waals surface area contributed by atoms with Crippen LogP contribution < -0.4 is 4.74 Å². The van der Waals surface area contributed by atoms with E-state index < -0.39 is 0 Å². The van der Waals surface area contributed by atoms with Gasteiger partial charge in [0.2, 0.25) is 4.90 Å². The fraction of sp³-hybridized carbons (Fsp3) is 0. The normalized spacial score (nSPS) is 10.3. The minimum absolute atomic E-state index is 0.220. The van der Waals surface area contributed by atoms with Gasteiger partial charge < -0.3 is 4.74 Å². The molecule has 0 fully saturated rings. The number of halogens is 1. The van der Waals surface area contributed by atoms with Crippen LogP contribution in [0.5, 0.6) is 11.5 Å². The number of rotatable bonds is 4. The molecule has 0 N–H and O–H groups in total. The first-order valence-electron chi connectivity index (χ1n) is 6.60. The maximum atomic E-state index is 13.0. The van der Waals surface area contributed by atoms with Gasteiger partial charge in [-0.05, 0) is 48.5 Å². The summed E-state index contributed by atoms with van der Waals surface area (Å²) in [7, 11) is 0. The summed E-state index contributed by atoms with van der Waals surface area (Å²) in [6.45, 7) is 0. The van der Waals surface area contributed by atoms with Crippen LogP contribution >= 0.6 is 0 Å². The van der Waals surface area contributed by atoms with Crippen LogP contribution in [0.15, 0.2) is 88.7 Å². The Morgan fingerprint density at radius 3 is 2.14 bits per heavy atom. The first-order valence-corrected chi connectivity index (χ1v) is 7.50. The number of benzene rings is 3. The summed E-state index contributed by atoms with van der Waals surface area (Å²) in [6, 6.07) is 24.1. The predicted octanol–water partition coefficient (Wildman–Crippen LogP) is 4.85. The van der Waals surface area contributed by atoms with Crippen LogP contribution in [0.2, 0.25) is 0 Å². The zero-order chi connectivity index (χ0) is 14.5. The second kappa shape index (κ2) is 6.46. The average Bonchev–Trinajstić information content (AvgIpc) is 2.52. The molecule has 0 amide bonds. The highest BCUT2D eigenvalue weighted by atomic mass is 32.2. The van der Waals surface area contributed by atoms with Crippen LogP contribution in [-0.4, -0.2) is 0 Å². The molecule has 0 atom stereocenters. The molecular weight excluding hydrogens is 283 g/mol. The fourth-order valence-electron chi connectivity index (χ4n) is 1.91. The Labute approximate surface area is 127 Å². The van der Waals surface area contributed by atoms with Crippen molar-refractivity contribution in [3.05, 3.63) is 84.7 Å². The first kappa shape index (κ1) is 13.7. The quantitative estimate of drug-likeness (QED) is 0.494. The zero-order valence-electron chi connectivity index (χ0n) is 11.2. The molecule has 3 heteroatoms. The smallest absolute Gasteiger partial charge is 0.200 e. The minimum atomic E-state index is -0.220. The minimum Gasteiger partial charge on any atom is -0.452 e. The summed E-state index contributed by atoms with van der Waals surface area (Å²) in [6.07, 6.45) is 0. The topological polar surface area (TPSA) is 9.23 Å². The molecule has 0 saturated carbocycles. The van der Waals surface area contributed by atoms with E-state index in [9.17, 15) is 4.39 Å². The number of ether oxygens (including phenoxy) is 1. The summed E-state index contributed by atoms with van der Waals surface area (Å²) in [5.41, 5.74) is 0. The Balaban J connectivity index is 1.84. The lowest BCUT2D eigenvalue weighted by molar-refractivity contribution is 0.471. The summed E-state index contributed by atoms with van der Waals surface area (Å²) in [5.74, 6) is 1.40. The van der Waals surface area contributed by atoms with Crippen LogP contribution in [0, 0.1) is 5.82 Å². The van der Waals surface area contributed by atoms with E-state index in [4.69, 9.17) is 4.74 Å². The van der Waals surface area contributed by atoms with Crippen molar-refractivity contribution in [2.45, 2.75) is 9.79 Å². The van der Waals surface area contributed by atoms with Gasteiger partial charge in [-0.2, -0.15) is 0 Å². The molecule has 3 aromatic rings. The highest BCUT2D eigenvalue weighted by molar-refractivity contribution is 7.78. The van der Waals surface area contributed by atoms with Gasteiger partial charge in [-0.3, -0.25) is 0 Å². The number of hydrogen-bond acceptors (Lipinski definition) is 1. The molecule has 0 spiro atoms. The Bertz CT molecular complexity index is 711. The molecule has 0 saturated heterocycles. The molecule has 0 bridgehead atoms. The van der Waals surface area contributed by atoms with E-state index in [-0.39, 0.29) is 5.82 Å². The maximum absolute atomic E-state index is 13.0. The summed E-state index contributed by atoms with van der Waals surface area (Å²) < 4.78 is 18.9. The Hall–Kier alpha value is -2.26. The van der Waals surface area contributed by atoms with Gasteiger partial charge in [-0.15, -0.1) is 0 Å². The van der Waals surface area contributed by atoms with Crippen molar-refractivity contribution in [1.29, 1.82) is 0 Å². The van der Waals surface area contributed by atoms with Gasteiger partial charge in [-0.25, -0.2) is 4.39 Å². The van der Waals surface area contributed by atoms with Crippen LogP contribution in [0.4, 0.5) is 4.39 Å². The van der Waals surface area contributed by atoms with Crippen molar-refractivity contribution in [1.82, 2.24) is 0 Å². The molecule has 0 aliphatic rings. The average molecular weight is 297 g/mol. The van der Waals surface area contributed by atoms with E-state index in [1.807, 2.05) is 54.6 Å². The maximum Gasteiger partial charge on any atom is 0.200 e. The van der Waals surface area contributed by atoms with E-state index in [1.54, 1.807) is 12.1 Å². The SMILES string of the molecule is Fc1ccc([SH+]c2ccccc2Oc2ccccc2)cc1. The lowest BCUT2D eigenvalue weighted by atomic mass is 10.3. The van der Waals surface area contributed by atoms with Gasteiger partial charge >= 0.3 is 0 Å². The van der Waals surface area contributed by atoms with E-state index >= 15 is 0 Å². The molecule has 0 unspecified atom stereocenters. The van der Waals surface area contributed by atoms with E-state index in [1.165, 1.54) is 12.1 Å². The lowest BCUT2D eigenvalue weighted by Gasteiger charge is -2.06. The fourth-order valence-corrected chi connectivity index (χ4v) is 2.87. The van der Waals surface area contributed by atoms with Crippen molar-refractivity contribution in [2.75, 3.05) is 0 Å². The number of hydrogen-bond donors (Lipinski definition) is 0. The van der Waals surface area contributed by atoms with Crippen molar-refractivity contribution < 1.29 is 9.13 Å². The summed E-state index contributed by atoms with van der Waals surface area (Å²) in [4.78, 5) is 2.08. The van der Waals surface area contributed by atoms with Gasteiger partial charge in [-0.1, -0.05) is 30.3 Å². The Morgan fingerprint density at radius 1 is 0.714 bits per heavy atom. The van der Waals surface area contributed by atoms with E-state index in [0.717, 1.165) is 33.1 Å². The molecule has 0 aliphatic carbocycles. The molecular formula is C18H14FOS+. The molecule has 21 heavy (non-hydrogen) atoms. The van der Waals surface area contributed by atoms with E-state index in [2.05, 4.69) is 0 Å². The number of thiol groups is 1. The highest BCUT2D eigenvalue weighted by Gasteiger charge is 2.14. The van der Waals surface area contributed by atoms with Crippen molar-refractivity contribution in [3.63, 3.8) is 0 Å². The third-order valence-electron chi connectivity index (χ3n) is 2.91. The van der Waals surface area contributed by atoms with E-state index in [0.29, 0.717) is 0 Å². The van der Waals surface area contributed by atoms with Gasteiger partial charge in [0.25, 0.3) is 0 Å². The monoisotopic (exact) mass is 297 g/mol. The van der Waals surface area contributed by atoms with Gasteiger partial charge in [0.1, 0.15) is 11.6 Å². The largest absolute Gasteiger partial charge is 0.452 e. The molecule has 0 heterocycles. The Kier molecular flexibility index (Phi) is 4.22. The molecule has 0 aliphatic heterocycles. The molecule has 1 nitrogen and oxygen atoms in total. The molecule has 3 rings (SSSR count). The third-order valence-corrected chi connectivity index (χ3v) is 4.08. The molecule has 3 aromatic carbocycles. The van der Waals surface area contributed by atoms with Crippen LogP contribution in [0.1, 0.15) is 0 Å². The second-order valence-electron chi connectivity index (χ2n) is 4.47. The van der Waals surface area contributed by atoms with Crippen LogP contribution in [0.25, 0.3) is 0 Å². The first-order chi connectivity index (χ1) is 10.3. The van der Waals surface area contributed by atoms with Gasteiger partial charge in [0, 0.05) is 0 Å². The third kappa shape index (κ3) is 3.64. The van der Waals surface area contributed by atoms with Crippen LogP contribution in [0.3, 0.4) is 0 Å². The van der Waals surface area contributed by atoms with Crippen molar-refractivity contribution in [3.8, 4) is 11.5 Å². The van der Waals surface area contributed by atoms with Gasteiger partial charge in [0.05, 0.1) is 11.8 Å². The second-order valence-corrected chi connectivity index (χ2v) is 5.69. The predicted molar refractivity (Wildman–Crippen MR) is 84.7 cm³/mol. The summed E-state index contributed by atoms with van der Waals surface area (Å²) in [5, 5.41) is 0. The van der Waals surface area contributed by atoms with Crippen LogP contribution in [-0.2, 0) is 11.8 Å². The zero-order valence-corrected chi connectivity index (χ0v) is 12.1. The van der Waals surface area contributed by atoms with Gasteiger partial charge in [0.15, 0.2) is 10.6 Å². The molecule has 0 radical (unpaired) electrons.